The molecule has 2 N–H and O–H groups in total. The number of nitrogens with one attached hydrogen (secondary N) is 2. The maximum Gasteiger partial charge on any atom is 2.00 e. The molecule has 0 atom stereocenters. The maximum atomic E-state index is 12.3. The van der Waals surface area contributed by atoms with Crippen LogP contribution in [0.15, 0.2) is 36.4 Å². The molecule has 0 aromatic heterocycles. The molecule has 13 heteroatoms. The number of benzene rings is 2. The zero-order valence-corrected chi connectivity index (χ0v) is 41.6. The van der Waals surface area contributed by atoms with E-state index in [1.807, 2.05) is 65.8 Å². The molecule has 9 nitrogen and oxygen atoms in total. The van der Waals surface area contributed by atoms with Crippen LogP contribution in [0.25, 0.3) is 0 Å². The second-order valence-corrected chi connectivity index (χ2v) is 15.0. The van der Waals surface area contributed by atoms with Gasteiger partial charge in [0.25, 0.3) is 11.8 Å². The van der Waals surface area contributed by atoms with E-state index in [1.54, 1.807) is 26.4 Å². The van der Waals surface area contributed by atoms with Gasteiger partial charge in [-0.2, -0.15) is 26.7 Å². The van der Waals surface area contributed by atoms with E-state index in [0.717, 1.165) is 20.6 Å². The van der Waals surface area contributed by atoms with Crippen molar-refractivity contribution in [2.75, 3.05) is 14.2 Å². The number of halogens is 2. The van der Waals surface area contributed by atoms with E-state index in [0.29, 0.717) is 11.5 Å². The number of carbonyl (C=O) groups excluding carboxylic acids is 4. The van der Waals surface area contributed by atoms with E-state index >= 15 is 0 Å². The van der Waals surface area contributed by atoms with Gasteiger partial charge in [0.15, 0.2) is 0 Å². The average molecular weight is 1080 g/mol. The normalized spacial score (nSPS) is 13.0. The van der Waals surface area contributed by atoms with Crippen LogP contribution in [-0.4, -0.2) is 49.7 Å². The van der Waals surface area contributed by atoms with E-state index in [1.165, 1.54) is 115 Å². The van der Waals surface area contributed by atoms with Crippen LogP contribution < -0.4 is 37.1 Å². The fourth-order valence-electron chi connectivity index (χ4n) is 5.14. The van der Waals surface area contributed by atoms with Crippen LogP contribution in [-0.2, 0) is 51.7 Å². The predicted octanol–water partition coefficient (Wildman–Crippen LogP) is 7.00. The van der Waals surface area contributed by atoms with E-state index in [2.05, 4.69) is 39.6 Å². The van der Waals surface area contributed by atoms with Crippen LogP contribution in [0.3, 0.4) is 0 Å². The van der Waals surface area contributed by atoms with E-state index < -0.39 is 0 Å². The standard InChI is InChI=1S/C18H27NO2.C12H16INO2.C6H11.2C2H3O.CH4.BrH.O.Pd.Zn/c1-18(2,3)19-17(20)14-10-11-16(21-4)15(12-14)13-8-6-5-7-9-13;1-12(2,3)14-11(15)8-5-6-10(16-4)9(13)7-8;1-2-4-6-5-3-1;2*1-2-3;;;;;/h10-13H,5-9H2,1-4H3,(H,19,20);5-7H,1-4H3,(H,14,15);1H,2-6H2;2*1H3;1H4;1H;;;/q;;3*-1;;;;;+2/p-1. The van der Waals surface area contributed by atoms with Crippen molar-refractivity contribution < 1.29 is 87.7 Å². The first kappa shape index (κ1) is 61.8. The molecule has 2 aliphatic rings. The van der Waals surface area contributed by atoms with Crippen LogP contribution in [0.4, 0.5) is 0 Å². The Bertz CT molecular complexity index is 1280. The molecule has 0 unspecified atom stereocenters. The average Bonchev–Trinajstić information content (AvgIpc) is 3.10. The molecule has 54 heavy (non-hydrogen) atoms. The molecule has 0 heterocycles. The zero-order chi connectivity index (χ0) is 39.5. The van der Waals surface area contributed by atoms with Gasteiger partial charge in [0.2, 0.25) is 0 Å². The SMILES string of the molecule is C.COc1ccc(C(=O)NC(C)(C)C)cc1C1CCCCC1.COc1ccc(C(=O)NC(C)(C)C)cc1I.C[C-]=O.C[C-]=O.[Br-].[CH-]1CCCCC1.[O]=[Pd].[Zn+2]. The molecule has 2 aromatic rings. The third kappa shape index (κ3) is 29.8. The molecule has 2 amide bonds. The monoisotopic (exact) mass is 1070 g/mol. The maximum absolute atomic E-state index is 12.3. The van der Waals surface area contributed by atoms with Crippen molar-refractivity contribution in [2.24, 2.45) is 0 Å². The number of methoxy groups -OCH3 is 2. The number of rotatable bonds is 5. The number of carbonyl (C=O) groups is 2. The van der Waals surface area contributed by atoms with Crippen molar-refractivity contribution in [1.29, 1.82) is 0 Å². The Morgan fingerprint density at radius 1 is 0.741 bits per heavy atom. The number of amides is 2. The summed E-state index contributed by atoms with van der Waals surface area (Å²) in [7, 11) is 3.32. The van der Waals surface area contributed by atoms with Crippen molar-refractivity contribution in [1.82, 2.24) is 10.6 Å². The summed E-state index contributed by atoms with van der Waals surface area (Å²) in [6.07, 6.45) is 18.8. The van der Waals surface area contributed by atoms with Gasteiger partial charge in [0.1, 0.15) is 11.5 Å². The molecular formula is C41H64BrIN2O7PdZn-2. The van der Waals surface area contributed by atoms with Gasteiger partial charge in [-0.05, 0) is 125 Å². The molecule has 2 saturated carbocycles. The van der Waals surface area contributed by atoms with Gasteiger partial charge in [0.05, 0.1) is 17.8 Å². The van der Waals surface area contributed by atoms with Gasteiger partial charge in [-0.25, -0.2) is 0 Å². The Kier molecular flexibility index (Phi) is 41.2. The summed E-state index contributed by atoms with van der Waals surface area (Å²) in [5.41, 5.74) is 2.13. The van der Waals surface area contributed by atoms with Gasteiger partial charge >= 0.3 is 42.1 Å². The van der Waals surface area contributed by atoms with E-state index in [4.69, 9.17) is 22.5 Å². The van der Waals surface area contributed by atoms with Crippen LogP contribution in [0.2, 0.25) is 0 Å². The third-order valence-electron chi connectivity index (χ3n) is 7.24. The Morgan fingerprint density at radius 3 is 1.43 bits per heavy atom. The summed E-state index contributed by atoms with van der Waals surface area (Å²) in [4.78, 5) is 41.6. The van der Waals surface area contributed by atoms with Gasteiger partial charge in [-0.1, -0.05) is 46.0 Å². The van der Waals surface area contributed by atoms with Crippen molar-refractivity contribution in [3.05, 3.63) is 63.1 Å². The van der Waals surface area contributed by atoms with Crippen LogP contribution in [0.5, 0.6) is 11.5 Å². The second-order valence-electron chi connectivity index (χ2n) is 13.9. The minimum atomic E-state index is -0.220. The summed E-state index contributed by atoms with van der Waals surface area (Å²) in [5, 5.41) is 5.94. The van der Waals surface area contributed by atoms with Crippen molar-refractivity contribution in [2.45, 2.75) is 144 Å². The molecule has 0 bridgehead atoms. The number of ether oxygens (including phenoxy) is 2. The van der Waals surface area contributed by atoms with E-state index in [9.17, 15) is 9.59 Å². The Labute approximate surface area is 375 Å². The van der Waals surface area contributed by atoms with Crippen molar-refractivity contribution >= 4 is 47.0 Å². The summed E-state index contributed by atoms with van der Waals surface area (Å²) in [5.74, 6) is 2.15. The number of hydrogen-bond acceptors (Lipinski definition) is 7. The molecule has 0 spiro atoms. The molecule has 0 aliphatic heterocycles. The molecule has 2 aromatic carbocycles. The zero-order valence-electron chi connectivity index (χ0n) is 33.3. The van der Waals surface area contributed by atoms with Gasteiger partial charge in [-0.15, -0.1) is 0 Å². The second kappa shape index (κ2) is 36.0. The third-order valence-corrected chi connectivity index (χ3v) is 8.09. The van der Waals surface area contributed by atoms with Gasteiger partial charge in [-0.3, -0.25) is 22.2 Å². The molecular weight excluding hydrogens is 1010 g/mol. The quantitative estimate of drug-likeness (QED) is 0.188. The van der Waals surface area contributed by atoms with E-state index in [-0.39, 0.29) is 66.8 Å². The first-order valence-electron chi connectivity index (χ1n) is 17.3. The molecule has 308 valence electrons. The Morgan fingerprint density at radius 2 is 1.11 bits per heavy atom. The van der Waals surface area contributed by atoms with Crippen LogP contribution in [0.1, 0.15) is 159 Å². The van der Waals surface area contributed by atoms with Crippen molar-refractivity contribution in [3.63, 3.8) is 0 Å². The molecule has 2 aliphatic carbocycles. The fraction of sp³-hybridized carbons (Fsp3) is 0.585. The topological polar surface area (TPSA) is 128 Å². The smallest absolute Gasteiger partial charge is 2.00 e. The summed E-state index contributed by atoms with van der Waals surface area (Å²) in [6, 6.07) is 11.2. The Hall–Kier alpha value is -1.38. The number of hydrogen-bond donors (Lipinski definition) is 2. The molecule has 0 radical (unpaired) electrons. The molecule has 4 rings (SSSR count). The van der Waals surface area contributed by atoms with Crippen molar-refractivity contribution in [3.8, 4) is 11.5 Å². The molecule has 2 fully saturated rings. The predicted molar refractivity (Wildman–Crippen MR) is 217 cm³/mol. The van der Waals surface area contributed by atoms with Gasteiger partial charge in [0, 0.05) is 22.2 Å². The summed E-state index contributed by atoms with van der Waals surface area (Å²) < 4.78 is 19.7. The Balaban J connectivity index is -0.000000214. The van der Waals surface area contributed by atoms with Gasteiger partial charge < -0.3 is 53.1 Å². The summed E-state index contributed by atoms with van der Waals surface area (Å²) in [6.45, 7) is 14.5. The first-order valence-corrected chi connectivity index (χ1v) is 19.0. The summed E-state index contributed by atoms with van der Waals surface area (Å²) >= 11 is 3.65. The largest absolute Gasteiger partial charge is 2.00 e. The first-order chi connectivity index (χ1) is 24.1. The minimum Gasteiger partial charge on any atom is 2.00 e. The van der Waals surface area contributed by atoms with Crippen LogP contribution >= 0.6 is 22.6 Å². The minimum absolute atomic E-state index is 0. The molecule has 0 saturated heterocycles. The fourth-order valence-corrected chi connectivity index (χ4v) is 5.88. The van der Waals surface area contributed by atoms with Crippen LogP contribution in [0, 0.1) is 9.99 Å².